The van der Waals surface area contributed by atoms with Gasteiger partial charge in [-0.05, 0) is 5.56 Å². The van der Waals surface area contributed by atoms with Crippen molar-refractivity contribution < 1.29 is 9.90 Å². The number of amides is 1. The Bertz CT molecular complexity index is 519. The molecule has 8 heteroatoms. The Kier molecular flexibility index (Phi) is 6.46. The molecule has 0 bridgehead atoms. The maximum absolute atomic E-state index is 10.6. The van der Waals surface area contributed by atoms with Gasteiger partial charge in [-0.2, -0.15) is 0 Å². The molecule has 0 fully saturated rings. The van der Waals surface area contributed by atoms with Crippen molar-refractivity contribution in [1.82, 2.24) is 4.98 Å². The van der Waals surface area contributed by atoms with Crippen molar-refractivity contribution in [3.05, 3.63) is 30.3 Å². The number of nitrogens with two attached hydrogens (primary N) is 1. The number of carboxylic acid groups (broad SMARTS) is 1. The minimum Gasteiger partial charge on any atom is -0.465 e. The number of nitrogen functional groups attached to an aromatic ring is 1. The fraction of sp³-hybridized carbons (Fsp3) is 0. The molecule has 2 aromatic rings. The standard InChI is InChI=1S/C10H9N3O2S.2ClH/c11-9-12-8(13-10(14)15)7(16-9)6-4-2-1-3-5-6;;/h1-5,13H,(H2,11,12)(H,14,15);2*1H. The van der Waals surface area contributed by atoms with Crippen molar-refractivity contribution in [3.8, 4) is 10.4 Å². The summed E-state index contributed by atoms with van der Waals surface area (Å²) in [7, 11) is 0. The summed E-state index contributed by atoms with van der Waals surface area (Å²) < 4.78 is 0. The zero-order chi connectivity index (χ0) is 11.5. The zero-order valence-corrected chi connectivity index (χ0v) is 11.4. The lowest BCUT2D eigenvalue weighted by Gasteiger charge is -2.00. The molecule has 0 radical (unpaired) electrons. The predicted molar refractivity (Wildman–Crippen MR) is 78.1 cm³/mol. The first-order valence-electron chi connectivity index (χ1n) is 4.48. The molecular formula is C10H11Cl2N3O2S. The Morgan fingerprint density at radius 3 is 2.44 bits per heavy atom. The van der Waals surface area contributed by atoms with Crippen molar-refractivity contribution in [2.45, 2.75) is 0 Å². The molecular weight excluding hydrogens is 297 g/mol. The van der Waals surface area contributed by atoms with Crippen molar-refractivity contribution in [1.29, 1.82) is 0 Å². The highest BCUT2D eigenvalue weighted by atomic mass is 35.5. The van der Waals surface area contributed by atoms with Gasteiger partial charge in [0.1, 0.15) is 0 Å². The lowest BCUT2D eigenvalue weighted by atomic mass is 10.2. The van der Waals surface area contributed by atoms with Crippen LogP contribution in [-0.4, -0.2) is 16.2 Å². The first-order valence-corrected chi connectivity index (χ1v) is 5.30. The Morgan fingerprint density at radius 2 is 1.89 bits per heavy atom. The SMILES string of the molecule is Cl.Cl.Nc1nc(NC(=O)O)c(-c2ccccc2)s1. The topological polar surface area (TPSA) is 88.2 Å². The Labute approximate surface area is 120 Å². The van der Waals surface area contributed by atoms with Crippen LogP contribution < -0.4 is 11.1 Å². The van der Waals surface area contributed by atoms with Gasteiger partial charge in [-0.1, -0.05) is 41.7 Å². The van der Waals surface area contributed by atoms with Crippen molar-refractivity contribution in [2.24, 2.45) is 0 Å². The second-order valence-electron chi connectivity index (χ2n) is 3.03. The molecule has 4 N–H and O–H groups in total. The van der Waals surface area contributed by atoms with Gasteiger partial charge in [0.25, 0.3) is 0 Å². The summed E-state index contributed by atoms with van der Waals surface area (Å²) in [6, 6.07) is 9.38. The van der Waals surface area contributed by atoms with Gasteiger partial charge < -0.3 is 10.8 Å². The van der Waals surface area contributed by atoms with E-state index in [1.807, 2.05) is 30.3 Å². The molecule has 0 aliphatic heterocycles. The number of thiazole rings is 1. The third kappa shape index (κ3) is 3.76. The molecule has 1 amide bonds. The number of benzene rings is 1. The van der Waals surface area contributed by atoms with Crippen LogP contribution >= 0.6 is 36.2 Å². The van der Waals surface area contributed by atoms with E-state index in [2.05, 4.69) is 10.3 Å². The molecule has 5 nitrogen and oxygen atoms in total. The molecule has 1 aromatic heterocycles. The summed E-state index contributed by atoms with van der Waals surface area (Å²) in [5.41, 5.74) is 6.46. The summed E-state index contributed by atoms with van der Waals surface area (Å²) in [5.74, 6) is 0.279. The monoisotopic (exact) mass is 307 g/mol. The average Bonchev–Trinajstić information content (AvgIpc) is 2.60. The smallest absolute Gasteiger partial charge is 0.410 e. The number of hydrogen-bond acceptors (Lipinski definition) is 4. The van der Waals surface area contributed by atoms with Gasteiger partial charge in [-0.25, -0.2) is 9.78 Å². The van der Waals surface area contributed by atoms with Crippen LogP contribution in [0.5, 0.6) is 0 Å². The fourth-order valence-electron chi connectivity index (χ4n) is 1.31. The van der Waals surface area contributed by atoms with Crippen molar-refractivity contribution in [2.75, 3.05) is 11.1 Å². The normalized spacial score (nSPS) is 8.89. The van der Waals surface area contributed by atoms with E-state index in [1.165, 1.54) is 11.3 Å². The van der Waals surface area contributed by atoms with Crippen molar-refractivity contribution in [3.63, 3.8) is 0 Å². The van der Waals surface area contributed by atoms with Crippen LogP contribution in [0, 0.1) is 0 Å². The van der Waals surface area contributed by atoms with Crippen LogP contribution in [0.3, 0.4) is 0 Å². The summed E-state index contributed by atoms with van der Waals surface area (Å²) in [4.78, 5) is 15.2. The van der Waals surface area contributed by atoms with Crippen LogP contribution in [0.4, 0.5) is 15.7 Å². The van der Waals surface area contributed by atoms with Gasteiger partial charge in [0.15, 0.2) is 10.9 Å². The third-order valence-electron chi connectivity index (χ3n) is 1.91. The molecule has 0 aliphatic rings. The van der Waals surface area contributed by atoms with Crippen LogP contribution in [0.1, 0.15) is 0 Å². The number of aromatic nitrogens is 1. The van der Waals surface area contributed by atoms with E-state index < -0.39 is 6.09 Å². The number of anilines is 2. The molecule has 0 atom stereocenters. The Balaban J connectivity index is 0.00000144. The maximum atomic E-state index is 10.6. The van der Waals surface area contributed by atoms with Gasteiger partial charge in [0.05, 0.1) is 4.88 Å². The highest BCUT2D eigenvalue weighted by Gasteiger charge is 2.13. The van der Waals surface area contributed by atoms with Gasteiger partial charge in [-0.15, -0.1) is 24.8 Å². The summed E-state index contributed by atoms with van der Waals surface area (Å²) in [6.45, 7) is 0. The summed E-state index contributed by atoms with van der Waals surface area (Å²) in [6.07, 6.45) is -1.15. The van der Waals surface area contributed by atoms with Crippen molar-refractivity contribution >= 4 is 53.2 Å². The molecule has 0 unspecified atom stereocenters. The minimum atomic E-state index is -1.15. The van der Waals surface area contributed by atoms with E-state index in [-0.39, 0.29) is 30.6 Å². The summed E-state index contributed by atoms with van der Waals surface area (Å²) >= 11 is 1.25. The van der Waals surface area contributed by atoms with Gasteiger partial charge in [0, 0.05) is 0 Å². The van der Waals surface area contributed by atoms with E-state index in [9.17, 15) is 4.79 Å². The molecule has 98 valence electrons. The maximum Gasteiger partial charge on any atom is 0.410 e. The molecule has 1 heterocycles. The zero-order valence-electron chi connectivity index (χ0n) is 8.99. The second kappa shape index (κ2) is 7.05. The highest BCUT2D eigenvalue weighted by Crippen LogP contribution is 2.34. The van der Waals surface area contributed by atoms with Crippen LogP contribution in [0.25, 0.3) is 10.4 Å². The van der Waals surface area contributed by atoms with Crippen LogP contribution in [0.15, 0.2) is 30.3 Å². The van der Waals surface area contributed by atoms with Gasteiger partial charge in [0.2, 0.25) is 0 Å². The molecule has 0 saturated carbocycles. The number of nitrogens with zero attached hydrogens (tertiary/aromatic N) is 1. The predicted octanol–water partition coefficient (Wildman–Crippen LogP) is 3.33. The van der Waals surface area contributed by atoms with Gasteiger partial charge in [-0.3, -0.25) is 5.32 Å². The van der Waals surface area contributed by atoms with E-state index in [1.54, 1.807) is 0 Å². The largest absolute Gasteiger partial charge is 0.465 e. The number of hydrogen-bond donors (Lipinski definition) is 3. The number of nitrogens with one attached hydrogen (secondary N) is 1. The Hall–Kier alpha value is -1.50. The lowest BCUT2D eigenvalue weighted by Crippen LogP contribution is -2.08. The average molecular weight is 308 g/mol. The van der Waals surface area contributed by atoms with E-state index in [0.29, 0.717) is 5.13 Å². The summed E-state index contributed by atoms with van der Waals surface area (Å²) in [5, 5.41) is 11.2. The minimum absolute atomic E-state index is 0. The Morgan fingerprint density at radius 1 is 1.28 bits per heavy atom. The number of carbonyl (C=O) groups is 1. The molecule has 18 heavy (non-hydrogen) atoms. The van der Waals surface area contributed by atoms with E-state index in [4.69, 9.17) is 10.8 Å². The first-order chi connectivity index (χ1) is 7.66. The van der Waals surface area contributed by atoms with Gasteiger partial charge >= 0.3 is 6.09 Å². The number of halogens is 2. The van der Waals surface area contributed by atoms with E-state index >= 15 is 0 Å². The lowest BCUT2D eigenvalue weighted by molar-refractivity contribution is 0.209. The fourth-order valence-corrected chi connectivity index (χ4v) is 2.10. The highest BCUT2D eigenvalue weighted by molar-refractivity contribution is 7.19. The van der Waals surface area contributed by atoms with Crippen LogP contribution in [0.2, 0.25) is 0 Å². The number of rotatable bonds is 2. The molecule has 2 rings (SSSR count). The van der Waals surface area contributed by atoms with Crippen LogP contribution in [-0.2, 0) is 0 Å². The first kappa shape index (κ1) is 16.5. The quantitative estimate of drug-likeness (QED) is 0.794. The van der Waals surface area contributed by atoms with E-state index in [0.717, 1.165) is 10.4 Å². The third-order valence-corrected chi connectivity index (χ3v) is 2.84. The molecule has 1 aromatic carbocycles. The molecule has 0 aliphatic carbocycles. The molecule has 0 saturated heterocycles. The molecule has 0 spiro atoms. The second-order valence-corrected chi connectivity index (χ2v) is 4.06.